The monoisotopic (exact) mass is 344 g/mol. The molecule has 4 aliphatic rings. The van der Waals surface area contributed by atoms with Crippen LogP contribution >= 0.6 is 0 Å². The van der Waals surface area contributed by atoms with Crippen molar-refractivity contribution in [3.8, 4) is 0 Å². The number of fused-ring (bicyclic) bond motifs is 5. The lowest BCUT2D eigenvalue weighted by Crippen LogP contribution is -2.53. The summed E-state index contributed by atoms with van der Waals surface area (Å²) in [7, 11) is 0. The van der Waals surface area contributed by atoms with Crippen LogP contribution in [-0.2, 0) is 9.59 Å². The molecule has 8 atom stereocenters. The summed E-state index contributed by atoms with van der Waals surface area (Å²) < 4.78 is 0. The summed E-state index contributed by atoms with van der Waals surface area (Å²) in [4.78, 5) is 24.5. The van der Waals surface area contributed by atoms with Gasteiger partial charge in [-0.25, -0.2) is 0 Å². The topological polar surface area (TPSA) is 34.1 Å². The summed E-state index contributed by atoms with van der Waals surface area (Å²) in [5.74, 6) is 4.80. The Hall–Kier alpha value is -0.660. The molecular weight excluding hydrogens is 308 g/mol. The van der Waals surface area contributed by atoms with Crippen LogP contribution in [0.15, 0.2) is 0 Å². The minimum absolute atomic E-state index is 0.237. The van der Waals surface area contributed by atoms with Crippen LogP contribution in [0.25, 0.3) is 0 Å². The Morgan fingerprint density at radius 1 is 1.08 bits per heavy atom. The van der Waals surface area contributed by atoms with E-state index >= 15 is 0 Å². The lowest BCUT2D eigenvalue weighted by Gasteiger charge is -2.60. The molecule has 0 spiro atoms. The average molecular weight is 345 g/mol. The van der Waals surface area contributed by atoms with Crippen molar-refractivity contribution in [1.29, 1.82) is 0 Å². The molecule has 4 saturated carbocycles. The van der Waals surface area contributed by atoms with Gasteiger partial charge in [-0.2, -0.15) is 0 Å². The molecule has 0 aromatic rings. The molecule has 25 heavy (non-hydrogen) atoms. The molecule has 4 rings (SSSR count). The largest absolute Gasteiger partial charge is 0.300 e. The van der Waals surface area contributed by atoms with E-state index in [-0.39, 0.29) is 5.41 Å². The van der Waals surface area contributed by atoms with Crippen LogP contribution in [0.1, 0.15) is 85.5 Å². The molecule has 0 radical (unpaired) electrons. The molecule has 4 fully saturated rings. The summed E-state index contributed by atoms with van der Waals surface area (Å²) in [6.07, 6.45) is 10.3. The van der Waals surface area contributed by atoms with Gasteiger partial charge >= 0.3 is 0 Å². The Labute approximate surface area is 153 Å². The fourth-order valence-corrected chi connectivity index (χ4v) is 8.42. The molecule has 0 bridgehead atoms. The van der Waals surface area contributed by atoms with Crippen molar-refractivity contribution in [1.82, 2.24) is 0 Å². The summed E-state index contributed by atoms with van der Waals surface area (Å²) in [6.45, 7) is 9.09. The first-order chi connectivity index (χ1) is 11.8. The summed E-state index contributed by atoms with van der Waals surface area (Å²) in [5.41, 5.74) is 0.621. The molecular formula is C23H36O2. The van der Waals surface area contributed by atoms with E-state index in [1.807, 2.05) is 6.92 Å². The summed E-state index contributed by atoms with van der Waals surface area (Å²) >= 11 is 0. The molecule has 0 heterocycles. The number of ketones is 2. The quantitative estimate of drug-likeness (QED) is 0.668. The maximum atomic E-state index is 12.5. The Balaban J connectivity index is 1.65. The molecule has 0 unspecified atom stereocenters. The molecule has 2 nitrogen and oxygen atoms in total. The van der Waals surface area contributed by atoms with Crippen LogP contribution in [0.2, 0.25) is 0 Å². The average Bonchev–Trinajstić information content (AvgIpc) is 2.88. The Kier molecular flexibility index (Phi) is 4.20. The maximum Gasteiger partial charge on any atom is 0.133 e. The highest BCUT2D eigenvalue weighted by Crippen LogP contribution is 2.68. The van der Waals surface area contributed by atoms with Gasteiger partial charge in [0.25, 0.3) is 0 Å². The third-order valence-electron chi connectivity index (χ3n) is 9.62. The standard InChI is InChI=1S/C23H36O2/c1-5-15-12-20-18-7-6-16-13-17(25)8-10-22(16,3)19(18)9-11-23(20,4)21(15)14(2)24/h15-16,18-21H,5-13H2,1-4H3/t15-,16+,18-,19+,20+,21+,22+,23+/m1/s1. The van der Waals surface area contributed by atoms with Crippen LogP contribution in [0.5, 0.6) is 0 Å². The second-order valence-electron chi connectivity index (χ2n) is 10.4. The maximum absolute atomic E-state index is 12.5. The zero-order valence-corrected chi connectivity index (χ0v) is 16.6. The second kappa shape index (κ2) is 5.92. The number of carbonyl (C=O) groups excluding carboxylic acids is 2. The van der Waals surface area contributed by atoms with Gasteiger partial charge in [-0.15, -0.1) is 0 Å². The molecule has 0 aromatic heterocycles. The van der Waals surface area contributed by atoms with E-state index in [0.29, 0.717) is 34.7 Å². The molecule has 0 saturated heterocycles. The normalized spacial score (nSPS) is 52.2. The van der Waals surface area contributed by atoms with E-state index in [0.717, 1.165) is 43.4 Å². The first-order valence-electron chi connectivity index (χ1n) is 10.8. The van der Waals surface area contributed by atoms with Crippen molar-refractivity contribution < 1.29 is 9.59 Å². The Bertz CT molecular complexity index is 581. The zero-order chi connectivity index (χ0) is 18.0. The van der Waals surface area contributed by atoms with Crippen LogP contribution in [0.4, 0.5) is 0 Å². The fraction of sp³-hybridized carbons (Fsp3) is 0.913. The van der Waals surface area contributed by atoms with Gasteiger partial charge in [0.15, 0.2) is 0 Å². The van der Waals surface area contributed by atoms with Crippen molar-refractivity contribution in [2.75, 3.05) is 0 Å². The van der Waals surface area contributed by atoms with Crippen molar-refractivity contribution in [2.24, 2.45) is 46.3 Å². The first kappa shape index (κ1) is 17.7. The summed E-state index contributed by atoms with van der Waals surface area (Å²) in [6, 6.07) is 0. The van der Waals surface area contributed by atoms with Crippen molar-refractivity contribution in [2.45, 2.75) is 85.5 Å². The number of rotatable bonds is 2. The molecule has 2 heteroatoms. The number of Topliss-reactive ketones (excluding diaryl/α,β-unsaturated/α-hetero) is 2. The van der Waals surface area contributed by atoms with Crippen LogP contribution < -0.4 is 0 Å². The van der Waals surface area contributed by atoms with E-state index in [4.69, 9.17) is 0 Å². The fourth-order valence-electron chi connectivity index (χ4n) is 8.42. The van der Waals surface area contributed by atoms with Gasteiger partial charge in [0.1, 0.15) is 11.6 Å². The van der Waals surface area contributed by atoms with Gasteiger partial charge in [0.05, 0.1) is 0 Å². The van der Waals surface area contributed by atoms with Crippen molar-refractivity contribution in [3.05, 3.63) is 0 Å². The Morgan fingerprint density at radius 3 is 2.52 bits per heavy atom. The van der Waals surface area contributed by atoms with Gasteiger partial charge in [0.2, 0.25) is 0 Å². The molecule has 0 N–H and O–H groups in total. The molecule has 0 aliphatic heterocycles. The molecule has 4 aliphatic carbocycles. The van der Waals surface area contributed by atoms with E-state index in [1.54, 1.807) is 0 Å². The van der Waals surface area contributed by atoms with Gasteiger partial charge in [0, 0.05) is 18.8 Å². The Morgan fingerprint density at radius 2 is 1.84 bits per heavy atom. The number of hydrogen-bond donors (Lipinski definition) is 0. The van der Waals surface area contributed by atoms with E-state index in [1.165, 1.54) is 32.1 Å². The highest BCUT2D eigenvalue weighted by Gasteiger charge is 2.62. The number of carbonyl (C=O) groups is 2. The van der Waals surface area contributed by atoms with Crippen molar-refractivity contribution >= 4 is 11.6 Å². The lowest BCUT2D eigenvalue weighted by atomic mass is 9.44. The van der Waals surface area contributed by atoms with Gasteiger partial charge < -0.3 is 0 Å². The third-order valence-corrected chi connectivity index (χ3v) is 9.62. The highest BCUT2D eigenvalue weighted by atomic mass is 16.1. The second-order valence-corrected chi connectivity index (χ2v) is 10.4. The van der Waals surface area contributed by atoms with Gasteiger partial charge in [-0.05, 0) is 85.9 Å². The lowest BCUT2D eigenvalue weighted by molar-refractivity contribution is -0.143. The van der Waals surface area contributed by atoms with Gasteiger partial charge in [-0.1, -0.05) is 27.2 Å². The summed E-state index contributed by atoms with van der Waals surface area (Å²) in [5, 5.41) is 0. The van der Waals surface area contributed by atoms with Crippen LogP contribution in [-0.4, -0.2) is 11.6 Å². The van der Waals surface area contributed by atoms with E-state index in [9.17, 15) is 9.59 Å². The predicted molar refractivity (Wildman–Crippen MR) is 100 cm³/mol. The van der Waals surface area contributed by atoms with Crippen LogP contribution in [0.3, 0.4) is 0 Å². The van der Waals surface area contributed by atoms with Crippen molar-refractivity contribution in [3.63, 3.8) is 0 Å². The van der Waals surface area contributed by atoms with E-state index in [2.05, 4.69) is 20.8 Å². The van der Waals surface area contributed by atoms with Gasteiger partial charge in [-0.3, -0.25) is 9.59 Å². The molecule has 140 valence electrons. The smallest absolute Gasteiger partial charge is 0.133 e. The zero-order valence-electron chi connectivity index (χ0n) is 16.6. The van der Waals surface area contributed by atoms with Crippen LogP contribution in [0, 0.1) is 46.3 Å². The van der Waals surface area contributed by atoms with E-state index < -0.39 is 0 Å². The molecule has 0 amide bonds. The third kappa shape index (κ3) is 2.42. The minimum atomic E-state index is 0.237. The number of hydrogen-bond acceptors (Lipinski definition) is 2. The molecule has 0 aromatic carbocycles. The highest BCUT2D eigenvalue weighted by molar-refractivity contribution is 5.80. The SMILES string of the molecule is CC[C@@H]1C[C@H]2[C@@H]3CC[C@H]4CC(=O)CC[C@]4(C)[C@H]3CC[C@]2(C)[C@H]1C(C)=O. The first-order valence-corrected chi connectivity index (χ1v) is 10.8. The predicted octanol–water partition coefficient (Wildman–Crippen LogP) is 5.44. The minimum Gasteiger partial charge on any atom is -0.300 e.